The summed E-state index contributed by atoms with van der Waals surface area (Å²) in [6, 6.07) is 3.58. The second-order valence-corrected chi connectivity index (χ2v) is 9.39. The van der Waals surface area contributed by atoms with E-state index in [1.807, 2.05) is 6.07 Å². The molecule has 3 N–H and O–H groups in total. The van der Waals surface area contributed by atoms with E-state index in [2.05, 4.69) is 10.3 Å². The number of imidazole rings is 1. The van der Waals surface area contributed by atoms with E-state index >= 15 is 0 Å². The van der Waals surface area contributed by atoms with E-state index in [0.717, 1.165) is 30.1 Å². The number of likely N-dealkylation sites (tertiary alicyclic amines) is 1. The highest BCUT2D eigenvalue weighted by Gasteiger charge is 2.41. The summed E-state index contributed by atoms with van der Waals surface area (Å²) in [4.78, 5) is 34.1. The number of aromatic nitrogens is 2. The minimum Gasteiger partial charge on any atom is -0.494 e. The third-order valence-electron chi connectivity index (χ3n) is 7.52. The Balaban J connectivity index is 1.35. The highest BCUT2D eigenvalue weighted by atomic mass is 16.5. The van der Waals surface area contributed by atoms with Gasteiger partial charge in [-0.1, -0.05) is 6.42 Å². The van der Waals surface area contributed by atoms with E-state index in [1.165, 1.54) is 30.6 Å². The summed E-state index contributed by atoms with van der Waals surface area (Å²) in [6.07, 6.45) is 5.92. The first kappa shape index (κ1) is 20.2. The van der Waals surface area contributed by atoms with E-state index in [0.29, 0.717) is 48.3 Å². The molecule has 4 unspecified atom stereocenters. The number of amides is 2. The fourth-order valence-corrected chi connectivity index (χ4v) is 5.93. The smallest absolute Gasteiger partial charge is 0.407 e. The van der Waals surface area contributed by atoms with Crippen LogP contribution in [0.1, 0.15) is 60.6 Å². The van der Waals surface area contributed by atoms with Gasteiger partial charge in [0.25, 0.3) is 5.91 Å². The molecule has 3 aliphatic rings. The molecule has 8 nitrogen and oxygen atoms in total. The number of hydrogen-bond acceptors (Lipinski definition) is 4. The summed E-state index contributed by atoms with van der Waals surface area (Å²) in [7, 11) is 1.63. The van der Waals surface area contributed by atoms with Crippen molar-refractivity contribution in [1.82, 2.24) is 20.2 Å². The zero-order valence-electron chi connectivity index (χ0n) is 17.9. The molecule has 2 amide bonds. The zero-order valence-corrected chi connectivity index (χ0v) is 17.9. The quantitative estimate of drug-likeness (QED) is 0.677. The number of aromatic amines is 1. The molecule has 3 fully saturated rings. The standard InChI is InChI=1S/C23H30N4O4/c1-31-18-7-6-16(22(28)24-11-14-3-2-8-27(12-14)23(29)30)19-20(18)26-21(25-19)17-10-13-4-5-15(17)9-13/h6-7,13-15,17H,2-5,8-12H2,1H3,(H,24,28)(H,25,26)(H,29,30). The number of nitrogens with one attached hydrogen (secondary N) is 2. The normalized spacial score (nSPS) is 27.6. The Labute approximate surface area is 181 Å². The molecule has 1 saturated heterocycles. The topological polar surface area (TPSA) is 108 Å². The van der Waals surface area contributed by atoms with Crippen LogP contribution in [0, 0.1) is 17.8 Å². The van der Waals surface area contributed by atoms with Crippen LogP contribution >= 0.6 is 0 Å². The average Bonchev–Trinajstić information content (AvgIpc) is 3.52. The molecule has 5 rings (SSSR count). The number of ether oxygens (including phenoxy) is 1. The van der Waals surface area contributed by atoms with Gasteiger partial charge in [-0.3, -0.25) is 4.79 Å². The van der Waals surface area contributed by atoms with Crippen LogP contribution in [0.4, 0.5) is 4.79 Å². The summed E-state index contributed by atoms with van der Waals surface area (Å²) < 4.78 is 5.53. The average molecular weight is 427 g/mol. The maximum atomic E-state index is 13.0. The van der Waals surface area contributed by atoms with Gasteiger partial charge in [-0.05, 0) is 62.0 Å². The molecule has 2 aliphatic carbocycles. The maximum Gasteiger partial charge on any atom is 0.407 e. The van der Waals surface area contributed by atoms with Crippen molar-refractivity contribution < 1.29 is 19.4 Å². The molecule has 1 aromatic carbocycles. The van der Waals surface area contributed by atoms with E-state index < -0.39 is 6.09 Å². The van der Waals surface area contributed by atoms with Gasteiger partial charge in [0.05, 0.1) is 12.7 Å². The molecule has 2 saturated carbocycles. The third-order valence-corrected chi connectivity index (χ3v) is 7.52. The highest BCUT2D eigenvalue weighted by molar-refractivity contribution is 6.06. The number of carbonyl (C=O) groups is 2. The Morgan fingerprint density at radius 1 is 1.29 bits per heavy atom. The summed E-state index contributed by atoms with van der Waals surface area (Å²) in [5.41, 5.74) is 1.97. The number of rotatable bonds is 5. The van der Waals surface area contributed by atoms with Gasteiger partial charge in [-0.25, -0.2) is 9.78 Å². The van der Waals surface area contributed by atoms with Gasteiger partial charge in [0.15, 0.2) is 0 Å². The monoisotopic (exact) mass is 426 g/mol. The molecule has 166 valence electrons. The van der Waals surface area contributed by atoms with Crippen molar-refractivity contribution in [2.24, 2.45) is 17.8 Å². The van der Waals surface area contributed by atoms with E-state index in [-0.39, 0.29) is 11.8 Å². The lowest BCUT2D eigenvalue weighted by Crippen LogP contribution is -2.43. The Hall–Kier alpha value is -2.77. The Bertz CT molecular complexity index is 1000. The van der Waals surface area contributed by atoms with Crippen LogP contribution in [-0.2, 0) is 0 Å². The number of carbonyl (C=O) groups excluding carboxylic acids is 1. The molecule has 2 heterocycles. The minimum absolute atomic E-state index is 0.131. The summed E-state index contributed by atoms with van der Waals surface area (Å²) in [5.74, 6) is 3.57. The maximum absolute atomic E-state index is 13.0. The molecular weight excluding hydrogens is 396 g/mol. The number of carboxylic acid groups (broad SMARTS) is 1. The van der Waals surface area contributed by atoms with Gasteiger partial charge in [0.2, 0.25) is 0 Å². The number of piperidine rings is 1. The number of H-pyrrole nitrogens is 1. The summed E-state index contributed by atoms with van der Waals surface area (Å²) >= 11 is 0. The van der Waals surface area contributed by atoms with Crippen LogP contribution in [0.2, 0.25) is 0 Å². The highest BCUT2D eigenvalue weighted by Crippen LogP contribution is 2.52. The van der Waals surface area contributed by atoms with Crippen LogP contribution < -0.4 is 10.1 Å². The van der Waals surface area contributed by atoms with E-state index in [1.54, 1.807) is 13.2 Å². The van der Waals surface area contributed by atoms with Crippen LogP contribution in [0.5, 0.6) is 5.75 Å². The van der Waals surface area contributed by atoms with Gasteiger partial charge < -0.3 is 25.0 Å². The molecule has 0 radical (unpaired) electrons. The lowest BCUT2D eigenvalue weighted by atomic mass is 9.88. The molecule has 1 aliphatic heterocycles. The number of benzene rings is 1. The molecule has 8 heteroatoms. The summed E-state index contributed by atoms with van der Waals surface area (Å²) in [6.45, 7) is 1.49. The van der Waals surface area contributed by atoms with Crippen LogP contribution in [-0.4, -0.2) is 58.7 Å². The SMILES string of the molecule is COc1ccc(C(=O)NCC2CCCN(C(=O)O)C2)c2nc(C3CC4CCC3C4)[nH]c12. The second-order valence-electron chi connectivity index (χ2n) is 9.39. The lowest BCUT2D eigenvalue weighted by molar-refractivity contribution is 0.0930. The first-order chi connectivity index (χ1) is 15.0. The van der Waals surface area contributed by atoms with Crippen molar-refractivity contribution in [1.29, 1.82) is 0 Å². The predicted molar refractivity (Wildman–Crippen MR) is 115 cm³/mol. The van der Waals surface area contributed by atoms with Crippen LogP contribution in [0.25, 0.3) is 11.0 Å². The van der Waals surface area contributed by atoms with Crippen molar-refractivity contribution in [3.63, 3.8) is 0 Å². The Morgan fingerprint density at radius 3 is 2.87 bits per heavy atom. The first-order valence-electron chi connectivity index (χ1n) is 11.4. The third kappa shape index (κ3) is 3.72. The molecule has 31 heavy (non-hydrogen) atoms. The zero-order chi connectivity index (χ0) is 21.5. The van der Waals surface area contributed by atoms with Gasteiger partial charge in [-0.15, -0.1) is 0 Å². The molecule has 4 atom stereocenters. The molecule has 0 spiro atoms. The van der Waals surface area contributed by atoms with Crippen LogP contribution in [0.15, 0.2) is 12.1 Å². The summed E-state index contributed by atoms with van der Waals surface area (Å²) in [5, 5.41) is 12.2. The van der Waals surface area contributed by atoms with Crippen molar-refractivity contribution in [3.8, 4) is 5.75 Å². The molecule has 2 bridgehead atoms. The number of hydrogen-bond donors (Lipinski definition) is 3. The minimum atomic E-state index is -0.891. The van der Waals surface area contributed by atoms with E-state index in [9.17, 15) is 14.7 Å². The van der Waals surface area contributed by atoms with Gasteiger partial charge in [-0.2, -0.15) is 0 Å². The van der Waals surface area contributed by atoms with Gasteiger partial charge in [0.1, 0.15) is 22.6 Å². The van der Waals surface area contributed by atoms with Crippen molar-refractivity contribution in [2.75, 3.05) is 26.7 Å². The van der Waals surface area contributed by atoms with Crippen molar-refractivity contribution >= 4 is 23.0 Å². The van der Waals surface area contributed by atoms with Crippen LogP contribution in [0.3, 0.4) is 0 Å². The predicted octanol–water partition coefficient (Wildman–Crippen LogP) is 3.59. The number of fused-ring (bicyclic) bond motifs is 3. The van der Waals surface area contributed by atoms with E-state index in [4.69, 9.17) is 9.72 Å². The largest absolute Gasteiger partial charge is 0.494 e. The number of nitrogens with zero attached hydrogens (tertiary/aromatic N) is 2. The van der Waals surface area contributed by atoms with Gasteiger partial charge in [0, 0.05) is 25.6 Å². The molecule has 2 aromatic rings. The fourth-order valence-electron chi connectivity index (χ4n) is 5.93. The molecular formula is C23H30N4O4. The fraction of sp³-hybridized carbons (Fsp3) is 0.609. The first-order valence-corrected chi connectivity index (χ1v) is 11.4. The second kappa shape index (κ2) is 8.05. The van der Waals surface area contributed by atoms with Crippen molar-refractivity contribution in [3.05, 3.63) is 23.5 Å². The van der Waals surface area contributed by atoms with Gasteiger partial charge >= 0.3 is 6.09 Å². The molecule has 1 aromatic heterocycles. The Kier molecular flexibility index (Phi) is 5.24. The number of methoxy groups -OCH3 is 1. The van der Waals surface area contributed by atoms with Crippen molar-refractivity contribution in [2.45, 2.75) is 44.4 Å². The lowest BCUT2D eigenvalue weighted by Gasteiger charge is -2.30. The Morgan fingerprint density at radius 2 is 2.16 bits per heavy atom.